The number of rotatable bonds is 2. The Hall–Kier alpha value is -0.560. The predicted molar refractivity (Wildman–Crippen MR) is 89.0 cm³/mol. The molecule has 0 aromatic carbocycles. The van der Waals surface area contributed by atoms with Gasteiger partial charge in [-0.25, -0.2) is 0 Å². The van der Waals surface area contributed by atoms with Gasteiger partial charge in [-0.05, 0) is 66.3 Å². The van der Waals surface area contributed by atoms with Crippen molar-refractivity contribution in [2.75, 3.05) is 6.61 Å². The van der Waals surface area contributed by atoms with Crippen molar-refractivity contribution in [1.29, 1.82) is 0 Å². The Morgan fingerprint density at radius 1 is 1.29 bits per heavy atom. The van der Waals surface area contributed by atoms with Crippen LogP contribution in [0.15, 0.2) is 23.3 Å². The lowest BCUT2D eigenvalue weighted by Gasteiger charge is -2.58. The zero-order chi connectivity index (χ0) is 15.3. The van der Waals surface area contributed by atoms with Crippen molar-refractivity contribution in [3.63, 3.8) is 0 Å². The largest absolute Gasteiger partial charge is 0.396 e. The molecule has 3 rings (SSSR count). The molecule has 0 heterocycles. The molecule has 1 fully saturated rings. The Kier molecular flexibility index (Phi) is 3.84. The first-order valence-electron chi connectivity index (χ1n) is 8.92. The van der Waals surface area contributed by atoms with E-state index in [1.165, 1.54) is 38.5 Å². The summed E-state index contributed by atoms with van der Waals surface area (Å²) in [5.74, 6) is 2.07. The third-order valence-electron chi connectivity index (χ3n) is 7.06. The minimum Gasteiger partial charge on any atom is -0.396 e. The SMILES string of the molecule is CC(C)C1=CC2=CC[C@H]3[C@](C)(CO)CCC[C@]3(C)[C@H]2CC1. The van der Waals surface area contributed by atoms with Crippen molar-refractivity contribution in [1.82, 2.24) is 0 Å². The monoisotopic (exact) mass is 288 g/mol. The molecule has 0 saturated heterocycles. The summed E-state index contributed by atoms with van der Waals surface area (Å²) in [5, 5.41) is 9.98. The molecular formula is C20H32O. The van der Waals surface area contributed by atoms with E-state index in [1.54, 1.807) is 11.1 Å². The predicted octanol–water partition coefficient (Wildman–Crippen LogP) is 5.11. The molecule has 1 N–H and O–H groups in total. The van der Waals surface area contributed by atoms with E-state index in [0.29, 0.717) is 23.9 Å². The molecule has 0 amide bonds. The minimum atomic E-state index is 0.136. The van der Waals surface area contributed by atoms with E-state index in [1.807, 2.05) is 0 Å². The fraction of sp³-hybridized carbons (Fsp3) is 0.800. The second-order valence-electron chi connectivity index (χ2n) is 8.63. The maximum Gasteiger partial charge on any atom is 0.0487 e. The van der Waals surface area contributed by atoms with Crippen molar-refractivity contribution in [3.05, 3.63) is 23.3 Å². The minimum absolute atomic E-state index is 0.136. The van der Waals surface area contributed by atoms with Gasteiger partial charge in [0.2, 0.25) is 0 Å². The van der Waals surface area contributed by atoms with Crippen LogP contribution >= 0.6 is 0 Å². The summed E-state index contributed by atoms with van der Waals surface area (Å²) in [6.45, 7) is 9.85. The summed E-state index contributed by atoms with van der Waals surface area (Å²) in [7, 11) is 0. The van der Waals surface area contributed by atoms with Gasteiger partial charge in [-0.3, -0.25) is 0 Å². The number of aliphatic hydroxyl groups is 1. The van der Waals surface area contributed by atoms with E-state index >= 15 is 0 Å². The number of hydrogen-bond acceptors (Lipinski definition) is 1. The van der Waals surface area contributed by atoms with Gasteiger partial charge in [-0.2, -0.15) is 0 Å². The number of aliphatic hydroxyl groups excluding tert-OH is 1. The highest BCUT2D eigenvalue weighted by molar-refractivity contribution is 5.35. The summed E-state index contributed by atoms with van der Waals surface area (Å²) in [5.41, 5.74) is 3.79. The maximum absolute atomic E-state index is 9.98. The van der Waals surface area contributed by atoms with Crippen LogP contribution < -0.4 is 0 Å². The molecule has 0 aromatic heterocycles. The highest BCUT2D eigenvalue weighted by Gasteiger charge is 2.53. The molecule has 1 saturated carbocycles. The van der Waals surface area contributed by atoms with Crippen LogP contribution in [-0.4, -0.2) is 11.7 Å². The average molecular weight is 288 g/mol. The summed E-state index contributed by atoms with van der Waals surface area (Å²) in [6.07, 6.45) is 12.6. The number of allylic oxidation sites excluding steroid dienone is 4. The molecule has 4 atom stereocenters. The summed E-state index contributed by atoms with van der Waals surface area (Å²) < 4.78 is 0. The third kappa shape index (κ3) is 2.32. The molecule has 3 aliphatic carbocycles. The van der Waals surface area contributed by atoms with Crippen LogP contribution in [0, 0.1) is 28.6 Å². The highest BCUT2D eigenvalue weighted by Crippen LogP contribution is 2.61. The van der Waals surface area contributed by atoms with Crippen molar-refractivity contribution in [2.24, 2.45) is 28.6 Å². The van der Waals surface area contributed by atoms with Crippen LogP contribution in [0.5, 0.6) is 0 Å². The van der Waals surface area contributed by atoms with Gasteiger partial charge in [0.05, 0.1) is 0 Å². The molecular weight excluding hydrogens is 256 g/mol. The van der Waals surface area contributed by atoms with E-state index in [-0.39, 0.29) is 5.41 Å². The van der Waals surface area contributed by atoms with Gasteiger partial charge in [-0.15, -0.1) is 0 Å². The first-order chi connectivity index (χ1) is 9.90. The fourth-order valence-electron chi connectivity index (χ4n) is 5.66. The van der Waals surface area contributed by atoms with Gasteiger partial charge in [0.25, 0.3) is 0 Å². The van der Waals surface area contributed by atoms with E-state index < -0.39 is 0 Å². The van der Waals surface area contributed by atoms with E-state index in [0.717, 1.165) is 5.92 Å². The lowest BCUT2D eigenvalue weighted by molar-refractivity contribution is -0.0737. The lowest BCUT2D eigenvalue weighted by Crippen LogP contribution is -2.51. The first kappa shape index (κ1) is 15.3. The Balaban J connectivity index is 1.97. The number of fused-ring (bicyclic) bond motifs is 3. The molecule has 0 bridgehead atoms. The number of hydrogen-bond donors (Lipinski definition) is 1. The van der Waals surface area contributed by atoms with Gasteiger partial charge < -0.3 is 5.11 Å². The van der Waals surface area contributed by atoms with Gasteiger partial charge in [-0.1, -0.05) is 51.8 Å². The zero-order valence-corrected chi connectivity index (χ0v) is 14.3. The smallest absolute Gasteiger partial charge is 0.0487 e. The average Bonchev–Trinajstić information content (AvgIpc) is 2.46. The van der Waals surface area contributed by atoms with Crippen LogP contribution in [0.4, 0.5) is 0 Å². The van der Waals surface area contributed by atoms with Crippen LogP contribution in [0.3, 0.4) is 0 Å². The van der Waals surface area contributed by atoms with Crippen LogP contribution in [0.2, 0.25) is 0 Å². The first-order valence-corrected chi connectivity index (χ1v) is 8.92. The third-order valence-corrected chi connectivity index (χ3v) is 7.06. The van der Waals surface area contributed by atoms with E-state index in [4.69, 9.17) is 0 Å². The van der Waals surface area contributed by atoms with Crippen LogP contribution in [-0.2, 0) is 0 Å². The topological polar surface area (TPSA) is 20.2 Å². The molecule has 1 heteroatoms. The second kappa shape index (κ2) is 5.26. The fourth-order valence-corrected chi connectivity index (χ4v) is 5.66. The van der Waals surface area contributed by atoms with Crippen molar-refractivity contribution in [3.8, 4) is 0 Å². The van der Waals surface area contributed by atoms with Gasteiger partial charge in [0.15, 0.2) is 0 Å². The normalized spacial score (nSPS) is 43.0. The van der Waals surface area contributed by atoms with Gasteiger partial charge in [0.1, 0.15) is 0 Å². The second-order valence-corrected chi connectivity index (χ2v) is 8.63. The Morgan fingerprint density at radius 2 is 2.05 bits per heavy atom. The zero-order valence-electron chi connectivity index (χ0n) is 14.3. The van der Waals surface area contributed by atoms with Crippen molar-refractivity contribution in [2.45, 2.75) is 66.2 Å². The summed E-state index contributed by atoms with van der Waals surface area (Å²) in [6, 6.07) is 0. The van der Waals surface area contributed by atoms with Crippen LogP contribution in [0.1, 0.15) is 66.2 Å². The molecule has 0 aromatic rings. The lowest BCUT2D eigenvalue weighted by atomic mass is 9.47. The molecule has 0 spiro atoms. The Labute approximate surface area is 130 Å². The van der Waals surface area contributed by atoms with Crippen molar-refractivity contribution < 1.29 is 5.11 Å². The molecule has 3 aliphatic rings. The highest BCUT2D eigenvalue weighted by atomic mass is 16.3. The quantitative estimate of drug-likeness (QED) is 0.748. The van der Waals surface area contributed by atoms with Crippen molar-refractivity contribution >= 4 is 0 Å². The van der Waals surface area contributed by atoms with E-state index in [2.05, 4.69) is 39.8 Å². The molecule has 118 valence electrons. The molecule has 1 nitrogen and oxygen atoms in total. The van der Waals surface area contributed by atoms with E-state index in [9.17, 15) is 5.11 Å². The Morgan fingerprint density at radius 3 is 2.71 bits per heavy atom. The molecule has 0 unspecified atom stereocenters. The molecule has 0 radical (unpaired) electrons. The maximum atomic E-state index is 9.98. The Bertz CT molecular complexity index is 472. The molecule has 0 aliphatic heterocycles. The van der Waals surface area contributed by atoms with Crippen LogP contribution in [0.25, 0.3) is 0 Å². The molecule has 21 heavy (non-hydrogen) atoms. The van der Waals surface area contributed by atoms with Gasteiger partial charge >= 0.3 is 0 Å². The summed E-state index contributed by atoms with van der Waals surface area (Å²) >= 11 is 0. The summed E-state index contributed by atoms with van der Waals surface area (Å²) in [4.78, 5) is 0. The standard InChI is InChI=1S/C20H32O/c1-14(2)15-6-8-17-16(12-15)7-9-18-19(3,13-21)10-5-11-20(17,18)4/h7,12,14,17-18,21H,5-6,8-11,13H2,1-4H3/t17-,18-,19-,20+/m0/s1. The van der Waals surface area contributed by atoms with Gasteiger partial charge in [0, 0.05) is 6.61 Å².